The van der Waals surface area contributed by atoms with Crippen molar-refractivity contribution in [1.29, 1.82) is 0 Å². The number of hydrogen-bond acceptors (Lipinski definition) is 2. The van der Waals surface area contributed by atoms with Crippen LogP contribution in [0.2, 0.25) is 0 Å². The second kappa shape index (κ2) is 4.19. The second-order valence-corrected chi connectivity index (χ2v) is 4.34. The van der Waals surface area contributed by atoms with Gasteiger partial charge in [-0.15, -0.1) is 0 Å². The Hall–Kier alpha value is -1.09. The summed E-state index contributed by atoms with van der Waals surface area (Å²) in [5.41, 5.74) is 7.42. The summed E-state index contributed by atoms with van der Waals surface area (Å²) in [5.74, 6) is 0.0433. The van der Waals surface area contributed by atoms with Crippen LogP contribution in [0.4, 0.5) is 10.1 Å². The van der Waals surface area contributed by atoms with Gasteiger partial charge in [0.15, 0.2) is 0 Å². The van der Waals surface area contributed by atoms with Crippen LogP contribution in [0.3, 0.4) is 0 Å². The van der Waals surface area contributed by atoms with Crippen molar-refractivity contribution in [2.75, 3.05) is 25.9 Å². The van der Waals surface area contributed by atoms with E-state index in [0.29, 0.717) is 6.54 Å². The lowest BCUT2D eigenvalue weighted by Gasteiger charge is -2.32. The molecule has 0 saturated carbocycles. The zero-order valence-electron chi connectivity index (χ0n) is 8.99. The molecule has 0 bridgehead atoms. The molecule has 82 valence electrons. The van der Waals surface area contributed by atoms with Crippen LogP contribution in [0.15, 0.2) is 24.3 Å². The summed E-state index contributed by atoms with van der Waals surface area (Å²) < 4.78 is 13.8. The molecule has 1 heterocycles. The van der Waals surface area contributed by atoms with Crippen LogP contribution >= 0.6 is 0 Å². The van der Waals surface area contributed by atoms with E-state index in [-0.39, 0.29) is 5.92 Å². The molecule has 1 saturated heterocycles. The van der Waals surface area contributed by atoms with Gasteiger partial charge in [-0.3, -0.25) is 0 Å². The molecule has 2 nitrogen and oxygen atoms in total. The predicted octanol–water partition coefficient (Wildman–Crippen LogP) is 2.03. The fourth-order valence-corrected chi connectivity index (χ4v) is 2.18. The van der Waals surface area contributed by atoms with Crippen LogP contribution in [-0.2, 0) is 0 Å². The summed E-state index contributed by atoms with van der Waals surface area (Å²) in [6.07, 6.45) is 0.133. The Kier molecular flexibility index (Phi) is 2.91. The Morgan fingerprint density at radius 1 is 1.33 bits per heavy atom. The lowest BCUT2D eigenvalue weighted by Crippen LogP contribution is -2.38. The van der Waals surface area contributed by atoms with Gasteiger partial charge in [-0.2, -0.15) is 0 Å². The van der Waals surface area contributed by atoms with E-state index in [2.05, 4.69) is 0 Å². The first-order valence-corrected chi connectivity index (χ1v) is 5.35. The number of anilines is 1. The highest BCUT2D eigenvalue weighted by Gasteiger charge is 2.28. The zero-order valence-corrected chi connectivity index (χ0v) is 8.99. The summed E-state index contributed by atoms with van der Waals surface area (Å²) in [6.45, 7) is 1.50. The van der Waals surface area contributed by atoms with Gasteiger partial charge in [0.25, 0.3) is 0 Å². The van der Waals surface area contributed by atoms with E-state index in [4.69, 9.17) is 5.73 Å². The molecular formula is C12H17FN2. The summed E-state index contributed by atoms with van der Waals surface area (Å²) in [6, 6.07) is 7.58. The average Bonchev–Trinajstić information content (AvgIpc) is 2.20. The van der Waals surface area contributed by atoms with E-state index in [1.54, 1.807) is 0 Å². The van der Waals surface area contributed by atoms with Gasteiger partial charge in [0.1, 0.15) is 6.17 Å². The van der Waals surface area contributed by atoms with Gasteiger partial charge >= 0.3 is 0 Å². The van der Waals surface area contributed by atoms with Crippen molar-refractivity contribution in [1.82, 2.24) is 4.90 Å². The minimum Gasteiger partial charge on any atom is -0.399 e. The van der Waals surface area contributed by atoms with E-state index < -0.39 is 6.17 Å². The standard InChI is InChI=1S/C12H17FN2/c1-15-7-6-11(12(13)8-15)9-2-4-10(14)5-3-9/h2-5,11-12H,6-8,14H2,1H3. The van der Waals surface area contributed by atoms with Gasteiger partial charge in [0.05, 0.1) is 0 Å². The number of nitrogens with two attached hydrogens (primary N) is 1. The summed E-state index contributed by atoms with van der Waals surface area (Å²) >= 11 is 0. The SMILES string of the molecule is CN1CCC(c2ccc(N)cc2)C(F)C1. The lowest BCUT2D eigenvalue weighted by molar-refractivity contribution is 0.139. The van der Waals surface area contributed by atoms with Gasteiger partial charge in [-0.1, -0.05) is 12.1 Å². The fraction of sp³-hybridized carbons (Fsp3) is 0.500. The summed E-state index contributed by atoms with van der Waals surface area (Å²) in [4.78, 5) is 2.04. The number of benzene rings is 1. The molecule has 1 aromatic rings. The minimum absolute atomic E-state index is 0.0433. The van der Waals surface area contributed by atoms with Gasteiger partial charge in [0.2, 0.25) is 0 Å². The largest absolute Gasteiger partial charge is 0.399 e. The number of likely N-dealkylation sites (tertiary alicyclic amines) is 1. The van der Waals surface area contributed by atoms with E-state index in [1.165, 1.54) is 0 Å². The number of hydrogen-bond donors (Lipinski definition) is 1. The Bertz CT molecular complexity index is 323. The maximum Gasteiger partial charge on any atom is 0.120 e. The molecule has 0 spiro atoms. The molecule has 1 fully saturated rings. The first-order chi connectivity index (χ1) is 7.16. The van der Waals surface area contributed by atoms with E-state index >= 15 is 0 Å². The number of alkyl halides is 1. The second-order valence-electron chi connectivity index (χ2n) is 4.34. The molecule has 0 aliphatic carbocycles. The van der Waals surface area contributed by atoms with Crippen molar-refractivity contribution in [2.24, 2.45) is 0 Å². The maximum atomic E-state index is 13.8. The molecule has 0 aromatic heterocycles. The third kappa shape index (κ3) is 2.29. The normalized spacial score (nSPS) is 27.9. The van der Waals surface area contributed by atoms with Crippen molar-refractivity contribution in [2.45, 2.75) is 18.5 Å². The van der Waals surface area contributed by atoms with Crippen LogP contribution < -0.4 is 5.73 Å². The monoisotopic (exact) mass is 208 g/mol. The molecule has 1 aliphatic rings. The molecule has 2 unspecified atom stereocenters. The smallest absolute Gasteiger partial charge is 0.120 e. The quantitative estimate of drug-likeness (QED) is 0.715. The molecule has 0 radical (unpaired) electrons. The molecular weight excluding hydrogens is 191 g/mol. The van der Waals surface area contributed by atoms with Gasteiger partial charge in [-0.25, -0.2) is 4.39 Å². The first kappa shape index (κ1) is 10.4. The third-order valence-electron chi connectivity index (χ3n) is 3.11. The number of rotatable bonds is 1. The Morgan fingerprint density at radius 3 is 2.60 bits per heavy atom. The van der Waals surface area contributed by atoms with Crippen molar-refractivity contribution >= 4 is 5.69 Å². The number of piperidine rings is 1. The third-order valence-corrected chi connectivity index (χ3v) is 3.11. The molecule has 2 N–H and O–H groups in total. The van der Waals surface area contributed by atoms with Gasteiger partial charge < -0.3 is 10.6 Å². The number of halogens is 1. The lowest BCUT2D eigenvalue weighted by atomic mass is 9.88. The topological polar surface area (TPSA) is 29.3 Å². The highest BCUT2D eigenvalue weighted by molar-refractivity contribution is 5.40. The van der Waals surface area contributed by atoms with Crippen LogP contribution in [-0.4, -0.2) is 31.2 Å². The molecule has 3 heteroatoms. The van der Waals surface area contributed by atoms with Gasteiger partial charge in [0, 0.05) is 18.2 Å². The Morgan fingerprint density at radius 2 is 2.00 bits per heavy atom. The van der Waals surface area contributed by atoms with Crippen molar-refractivity contribution in [3.8, 4) is 0 Å². The molecule has 15 heavy (non-hydrogen) atoms. The average molecular weight is 208 g/mol. The maximum absolute atomic E-state index is 13.8. The van der Waals surface area contributed by atoms with Crippen LogP contribution in [0.25, 0.3) is 0 Å². The predicted molar refractivity (Wildman–Crippen MR) is 60.6 cm³/mol. The van der Waals surface area contributed by atoms with E-state index in [1.807, 2.05) is 36.2 Å². The highest BCUT2D eigenvalue weighted by atomic mass is 19.1. The zero-order chi connectivity index (χ0) is 10.8. The van der Waals surface area contributed by atoms with Crippen molar-refractivity contribution in [3.05, 3.63) is 29.8 Å². The minimum atomic E-state index is -0.757. The van der Waals surface area contributed by atoms with Crippen LogP contribution in [0.1, 0.15) is 17.9 Å². The summed E-state index contributed by atoms with van der Waals surface area (Å²) in [5, 5.41) is 0. The molecule has 1 aromatic carbocycles. The van der Waals surface area contributed by atoms with Crippen molar-refractivity contribution in [3.63, 3.8) is 0 Å². The molecule has 2 atom stereocenters. The fourth-order valence-electron chi connectivity index (χ4n) is 2.18. The number of nitrogens with zero attached hydrogens (tertiary/aromatic N) is 1. The van der Waals surface area contributed by atoms with Crippen molar-refractivity contribution < 1.29 is 4.39 Å². The molecule has 1 aliphatic heterocycles. The van der Waals surface area contributed by atoms with Gasteiger partial charge in [-0.05, 0) is 37.7 Å². The first-order valence-electron chi connectivity index (χ1n) is 5.35. The summed E-state index contributed by atoms with van der Waals surface area (Å²) in [7, 11) is 1.96. The van der Waals surface area contributed by atoms with Crippen LogP contribution in [0.5, 0.6) is 0 Å². The Labute approximate surface area is 89.9 Å². The van der Waals surface area contributed by atoms with E-state index in [0.717, 1.165) is 24.2 Å². The highest BCUT2D eigenvalue weighted by Crippen LogP contribution is 2.30. The molecule has 0 amide bonds. The van der Waals surface area contributed by atoms with E-state index in [9.17, 15) is 4.39 Å². The molecule has 2 rings (SSSR count). The Balaban J connectivity index is 2.13. The van der Waals surface area contributed by atoms with Crippen LogP contribution in [0, 0.1) is 0 Å². The number of nitrogen functional groups attached to an aromatic ring is 1.